The Labute approximate surface area is 93.1 Å². The molecule has 1 aromatic heterocycles. The summed E-state index contributed by atoms with van der Waals surface area (Å²) in [6, 6.07) is 6.37. The number of hydrogen-bond donors (Lipinski definition) is 0. The summed E-state index contributed by atoms with van der Waals surface area (Å²) in [4.78, 5) is 0. The number of benzene rings is 1. The molecule has 0 atom stereocenters. The molecule has 0 amide bonds. The van der Waals surface area contributed by atoms with Crippen LogP contribution in [0.3, 0.4) is 0 Å². The number of rotatable bonds is 3. The van der Waals surface area contributed by atoms with E-state index >= 15 is 0 Å². The maximum Gasteiger partial charge on any atom is 0.270 e. The molecule has 0 N–H and O–H groups in total. The predicted octanol–water partition coefficient (Wildman–Crippen LogP) is 4.50. The molecule has 3 heteroatoms. The molecule has 0 aliphatic carbocycles. The second kappa shape index (κ2) is 3.89. The van der Waals surface area contributed by atoms with Crippen molar-refractivity contribution in [2.45, 2.75) is 32.6 Å². The normalized spacial score (nSPS) is 12.2. The van der Waals surface area contributed by atoms with Crippen molar-refractivity contribution in [1.82, 2.24) is 0 Å². The lowest BCUT2D eigenvalue weighted by atomic mass is 10.1. The monoisotopic (exact) mass is 224 g/mol. The van der Waals surface area contributed by atoms with Gasteiger partial charge < -0.3 is 4.42 Å². The molecule has 0 fully saturated rings. The van der Waals surface area contributed by atoms with E-state index in [9.17, 15) is 8.78 Å². The highest BCUT2D eigenvalue weighted by molar-refractivity contribution is 5.78. The smallest absolute Gasteiger partial charge is 0.270 e. The van der Waals surface area contributed by atoms with Crippen molar-refractivity contribution in [3.63, 3.8) is 0 Å². The van der Waals surface area contributed by atoms with Gasteiger partial charge in [-0.25, -0.2) is 8.78 Å². The topological polar surface area (TPSA) is 13.1 Å². The Morgan fingerprint density at radius 3 is 2.62 bits per heavy atom. The third-order valence-corrected chi connectivity index (χ3v) is 2.57. The maximum atomic E-state index is 13.1. The predicted molar refractivity (Wildman–Crippen MR) is 59.8 cm³/mol. The fourth-order valence-electron chi connectivity index (χ4n) is 1.74. The van der Waals surface area contributed by atoms with Gasteiger partial charge in [-0.15, -0.1) is 0 Å². The van der Waals surface area contributed by atoms with Gasteiger partial charge in [-0.2, -0.15) is 0 Å². The molecule has 0 aliphatic heterocycles. The fourth-order valence-corrected chi connectivity index (χ4v) is 1.74. The van der Waals surface area contributed by atoms with Gasteiger partial charge in [0.05, 0.1) is 0 Å². The summed E-state index contributed by atoms with van der Waals surface area (Å²) in [5.74, 6) is -1.94. The van der Waals surface area contributed by atoms with Gasteiger partial charge in [0.2, 0.25) is 0 Å². The van der Waals surface area contributed by atoms with Crippen LogP contribution in [0.1, 0.15) is 31.6 Å². The summed E-state index contributed by atoms with van der Waals surface area (Å²) < 4.78 is 31.7. The number of furan rings is 1. The van der Waals surface area contributed by atoms with Gasteiger partial charge in [-0.3, -0.25) is 0 Å². The second-order valence-electron chi connectivity index (χ2n) is 4.10. The Morgan fingerprint density at radius 2 is 2.00 bits per heavy atom. The molecule has 2 aromatic rings. The molecular weight excluding hydrogens is 210 g/mol. The lowest BCUT2D eigenvalue weighted by Crippen LogP contribution is -2.05. The molecular formula is C13H14F2O. The van der Waals surface area contributed by atoms with Crippen LogP contribution in [0.25, 0.3) is 11.0 Å². The molecule has 1 nitrogen and oxygen atoms in total. The molecule has 1 heterocycles. The van der Waals surface area contributed by atoms with Crippen LogP contribution in [0.5, 0.6) is 0 Å². The summed E-state index contributed by atoms with van der Waals surface area (Å²) in [5, 5.41) is 0.752. The second-order valence-corrected chi connectivity index (χ2v) is 4.10. The van der Waals surface area contributed by atoms with Gasteiger partial charge in [0.15, 0.2) is 0 Å². The average molecular weight is 224 g/mol. The number of alkyl halides is 2. The van der Waals surface area contributed by atoms with Crippen LogP contribution >= 0.6 is 0 Å². The highest BCUT2D eigenvalue weighted by Crippen LogP contribution is 2.30. The van der Waals surface area contributed by atoms with E-state index in [4.69, 9.17) is 4.42 Å². The average Bonchev–Trinajstić information content (AvgIpc) is 2.57. The van der Waals surface area contributed by atoms with Gasteiger partial charge in [-0.1, -0.05) is 6.92 Å². The standard InChI is InChI=1S/C13H14F2O/c1-3-4-11-8-9-7-10(13(2,14)15)5-6-12(9)16-11/h5-8H,3-4H2,1-2H3. The van der Waals surface area contributed by atoms with Crippen LogP contribution in [0.4, 0.5) is 8.78 Å². The molecule has 0 radical (unpaired) electrons. The van der Waals surface area contributed by atoms with Gasteiger partial charge in [0.1, 0.15) is 11.3 Å². The van der Waals surface area contributed by atoms with Crippen molar-refractivity contribution in [1.29, 1.82) is 0 Å². The number of aryl methyl sites for hydroxylation is 1. The van der Waals surface area contributed by atoms with Crippen molar-refractivity contribution in [2.75, 3.05) is 0 Å². The van der Waals surface area contributed by atoms with Crippen LogP contribution in [0.15, 0.2) is 28.7 Å². The van der Waals surface area contributed by atoms with E-state index < -0.39 is 5.92 Å². The Balaban J connectivity index is 2.46. The van der Waals surface area contributed by atoms with Gasteiger partial charge in [0, 0.05) is 24.3 Å². The van der Waals surface area contributed by atoms with Gasteiger partial charge in [-0.05, 0) is 30.7 Å². The van der Waals surface area contributed by atoms with E-state index in [0.717, 1.165) is 30.9 Å². The van der Waals surface area contributed by atoms with Crippen molar-refractivity contribution < 1.29 is 13.2 Å². The minimum atomic E-state index is -2.80. The van der Waals surface area contributed by atoms with Crippen LogP contribution in [-0.4, -0.2) is 0 Å². The summed E-state index contributed by atoms with van der Waals surface area (Å²) in [5.41, 5.74) is 0.709. The number of halogens is 2. The summed E-state index contributed by atoms with van der Waals surface area (Å²) in [7, 11) is 0. The van der Waals surface area contributed by atoms with Crippen LogP contribution in [0.2, 0.25) is 0 Å². The summed E-state index contributed by atoms with van der Waals surface area (Å²) in [6.45, 7) is 2.96. The molecule has 0 unspecified atom stereocenters. The Hall–Kier alpha value is -1.38. The Kier molecular flexibility index (Phi) is 2.70. The van der Waals surface area contributed by atoms with E-state index in [1.165, 1.54) is 12.1 Å². The minimum absolute atomic E-state index is 0.0313. The molecule has 0 spiro atoms. The van der Waals surface area contributed by atoms with E-state index in [1.807, 2.05) is 6.07 Å². The first-order valence-corrected chi connectivity index (χ1v) is 5.41. The van der Waals surface area contributed by atoms with Crippen molar-refractivity contribution in [2.24, 2.45) is 0 Å². The van der Waals surface area contributed by atoms with E-state index in [-0.39, 0.29) is 5.56 Å². The molecule has 16 heavy (non-hydrogen) atoms. The van der Waals surface area contributed by atoms with Crippen molar-refractivity contribution >= 4 is 11.0 Å². The Bertz CT molecular complexity index is 494. The molecule has 0 bridgehead atoms. The van der Waals surface area contributed by atoms with Gasteiger partial charge >= 0.3 is 0 Å². The SMILES string of the molecule is CCCc1cc2cc(C(C)(F)F)ccc2o1. The van der Waals surface area contributed by atoms with E-state index in [2.05, 4.69) is 6.92 Å². The molecule has 0 saturated heterocycles. The van der Waals surface area contributed by atoms with Crippen molar-refractivity contribution in [3.8, 4) is 0 Å². The van der Waals surface area contributed by atoms with Crippen LogP contribution in [-0.2, 0) is 12.3 Å². The third-order valence-electron chi connectivity index (χ3n) is 2.57. The molecule has 1 aromatic carbocycles. The fraction of sp³-hybridized carbons (Fsp3) is 0.385. The zero-order chi connectivity index (χ0) is 11.8. The molecule has 0 saturated carbocycles. The number of fused-ring (bicyclic) bond motifs is 1. The number of hydrogen-bond acceptors (Lipinski definition) is 1. The molecule has 86 valence electrons. The largest absolute Gasteiger partial charge is 0.461 e. The zero-order valence-corrected chi connectivity index (χ0v) is 9.39. The van der Waals surface area contributed by atoms with Gasteiger partial charge in [0.25, 0.3) is 5.92 Å². The van der Waals surface area contributed by atoms with Crippen molar-refractivity contribution in [3.05, 3.63) is 35.6 Å². The van der Waals surface area contributed by atoms with Crippen LogP contribution in [0, 0.1) is 0 Å². The van der Waals surface area contributed by atoms with E-state index in [1.54, 1.807) is 6.07 Å². The highest BCUT2D eigenvalue weighted by atomic mass is 19.3. The first kappa shape index (κ1) is 11.1. The first-order valence-electron chi connectivity index (χ1n) is 5.41. The summed E-state index contributed by atoms with van der Waals surface area (Å²) >= 11 is 0. The Morgan fingerprint density at radius 1 is 1.25 bits per heavy atom. The molecule has 0 aliphatic rings. The lowest BCUT2D eigenvalue weighted by Gasteiger charge is -2.09. The highest BCUT2D eigenvalue weighted by Gasteiger charge is 2.24. The third kappa shape index (κ3) is 2.08. The zero-order valence-electron chi connectivity index (χ0n) is 9.39. The maximum absolute atomic E-state index is 13.1. The molecule has 2 rings (SSSR count). The summed E-state index contributed by atoms with van der Waals surface area (Å²) in [6.07, 6.45) is 1.82. The lowest BCUT2D eigenvalue weighted by molar-refractivity contribution is 0.0176. The first-order chi connectivity index (χ1) is 7.50. The quantitative estimate of drug-likeness (QED) is 0.748. The minimum Gasteiger partial charge on any atom is -0.461 e. The van der Waals surface area contributed by atoms with E-state index in [0.29, 0.717) is 5.58 Å². The van der Waals surface area contributed by atoms with Crippen LogP contribution < -0.4 is 0 Å².